The van der Waals surface area contributed by atoms with Crippen molar-refractivity contribution in [3.63, 3.8) is 0 Å². The van der Waals surface area contributed by atoms with Gasteiger partial charge in [-0.15, -0.1) is 5.10 Å². The van der Waals surface area contributed by atoms with Gasteiger partial charge in [-0.05, 0) is 41.5 Å². The van der Waals surface area contributed by atoms with E-state index >= 15 is 0 Å². The van der Waals surface area contributed by atoms with Crippen LogP contribution in [0.4, 0.5) is 4.39 Å². The number of carboxylic acid groups (broad SMARTS) is 1. The number of hydrogen-bond donors (Lipinski definition) is 2. The summed E-state index contributed by atoms with van der Waals surface area (Å²) >= 11 is 0. The highest BCUT2D eigenvalue weighted by Gasteiger charge is 2.28. The molecule has 1 aromatic carbocycles. The number of nitrogens with one attached hydrogen (secondary N) is 1. The zero-order chi connectivity index (χ0) is 19.1. The quantitative estimate of drug-likeness (QED) is 0.701. The monoisotopic (exact) mass is 363 g/mol. The first kappa shape index (κ1) is 19.5. The Morgan fingerprint density at radius 1 is 1.31 bits per heavy atom. The number of aliphatic carboxylic acids is 1. The van der Waals surface area contributed by atoms with Crippen LogP contribution in [0.2, 0.25) is 0 Å². The maximum Gasteiger partial charge on any atom is 0.326 e. The van der Waals surface area contributed by atoms with E-state index in [0.717, 1.165) is 6.42 Å². The SMILES string of the molecule is CCCCC(NC(=O)C(Cc1ccc(F)cc1)n1nnnc1C)C(=O)O. The van der Waals surface area contributed by atoms with E-state index in [1.54, 1.807) is 19.1 Å². The van der Waals surface area contributed by atoms with Gasteiger partial charge < -0.3 is 10.4 Å². The molecule has 0 aliphatic rings. The third-order valence-corrected chi connectivity index (χ3v) is 4.06. The van der Waals surface area contributed by atoms with Gasteiger partial charge in [-0.3, -0.25) is 4.79 Å². The predicted octanol–water partition coefficient (Wildman–Crippen LogP) is 1.66. The summed E-state index contributed by atoms with van der Waals surface area (Å²) in [4.78, 5) is 24.2. The van der Waals surface area contributed by atoms with E-state index in [1.807, 2.05) is 6.92 Å². The molecule has 0 aliphatic heterocycles. The highest BCUT2D eigenvalue weighted by molar-refractivity contribution is 5.86. The summed E-state index contributed by atoms with van der Waals surface area (Å²) in [7, 11) is 0. The molecule has 0 spiro atoms. The summed E-state index contributed by atoms with van der Waals surface area (Å²) in [5.74, 6) is -1.53. The first-order chi connectivity index (χ1) is 12.4. The number of aryl methyl sites for hydroxylation is 1. The fourth-order valence-corrected chi connectivity index (χ4v) is 2.59. The average Bonchev–Trinajstić information content (AvgIpc) is 3.03. The number of benzene rings is 1. The number of rotatable bonds is 9. The van der Waals surface area contributed by atoms with Gasteiger partial charge in [0.25, 0.3) is 0 Å². The normalized spacial score (nSPS) is 13.2. The van der Waals surface area contributed by atoms with Crippen LogP contribution >= 0.6 is 0 Å². The van der Waals surface area contributed by atoms with E-state index in [-0.39, 0.29) is 12.2 Å². The Bertz CT molecular complexity index is 747. The Morgan fingerprint density at radius 3 is 2.54 bits per heavy atom. The second-order valence-corrected chi connectivity index (χ2v) is 6.06. The average molecular weight is 363 g/mol. The minimum absolute atomic E-state index is 0.206. The van der Waals surface area contributed by atoms with Crippen LogP contribution < -0.4 is 5.32 Å². The predicted molar refractivity (Wildman–Crippen MR) is 90.8 cm³/mol. The topological polar surface area (TPSA) is 110 Å². The maximum atomic E-state index is 13.1. The Labute approximate surface area is 150 Å². The molecule has 140 valence electrons. The van der Waals surface area contributed by atoms with Crippen molar-refractivity contribution in [3.05, 3.63) is 41.5 Å². The standard InChI is InChI=1S/C17H22FN5O3/c1-3-4-5-14(17(25)26)19-16(24)15(23-11(2)20-21-22-23)10-12-6-8-13(18)9-7-12/h6-9,14-15H,3-5,10H2,1-2H3,(H,19,24)(H,25,26). The lowest BCUT2D eigenvalue weighted by Crippen LogP contribution is -2.45. The van der Waals surface area contributed by atoms with Gasteiger partial charge in [-0.1, -0.05) is 31.9 Å². The molecule has 0 saturated heterocycles. The number of carbonyl (C=O) groups excluding carboxylic acids is 1. The van der Waals surface area contributed by atoms with Crippen LogP contribution in [0.1, 0.15) is 43.6 Å². The van der Waals surface area contributed by atoms with E-state index in [4.69, 9.17) is 0 Å². The van der Waals surface area contributed by atoms with Crippen molar-refractivity contribution in [3.8, 4) is 0 Å². The van der Waals surface area contributed by atoms with E-state index in [9.17, 15) is 19.1 Å². The fourth-order valence-electron chi connectivity index (χ4n) is 2.59. The van der Waals surface area contributed by atoms with Gasteiger partial charge in [0.05, 0.1) is 0 Å². The number of carbonyl (C=O) groups is 2. The summed E-state index contributed by atoms with van der Waals surface area (Å²) < 4.78 is 14.5. The number of amides is 1. The minimum atomic E-state index is -1.08. The molecule has 0 aliphatic carbocycles. The number of halogens is 1. The lowest BCUT2D eigenvalue weighted by atomic mass is 10.0. The van der Waals surface area contributed by atoms with E-state index < -0.39 is 24.0 Å². The lowest BCUT2D eigenvalue weighted by molar-refractivity contribution is -0.142. The summed E-state index contributed by atoms with van der Waals surface area (Å²) in [5.41, 5.74) is 0.710. The molecule has 1 heterocycles. The largest absolute Gasteiger partial charge is 0.480 e. The van der Waals surface area contributed by atoms with Crippen molar-refractivity contribution in [2.75, 3.05) is 0 Å². The zero-order valence-electron chi connectivity index (χ0n) is 14.7. The number of hydrogen-bond acceptors (Lipinski definition) is 5. The second-order valence-electron chi connectivity index (χ2n) is 6.06. The maximum absolute atomic E-state index is 13.1. The molecule has 9 heteroatoms. The third kappa shape index (κ3) is 5.08. The minimum Gasteiger partial charge on any atom is -0.480 e. The van der Waals surface area contributed by atoms with E-state index in [0.29, 0.717) is 24.2 Å². The van der Waals surface area contributed by atoms with E-state index in [2.05, 4.69) is 20.8 Å². The van der Waals surface area contributed by atoms with Crippen LogP contribution in [-0.2, 0) is 16.0 Å². The van der Waals surface area contributed by atoms with E-state index in [1.165, 1.54) is 16.8 Å². The molecule has 0 fully saturated rings. The van der Waals surface area contributed by atoms with Crippen molar-refractivity contribution in [2.45, 2.75) is 51.6 Å². The first-order valence-electron chi connectivity index (χ1n) is 8.44. The number of unbranched alkanes of at least 4 members (excludes halogenated alkanes) is 1. The smallest absolute Gasteiger partial charge is 0.326 e. The van der Waals surface area contributed by atoms with Crippen molar-refractivity contribution in [1.82, 2.24) is 25.5 Å². The molecule has 2 rings (SSSR count). The van der Waals surface area contributed by atoms with Crippen LogP contribution in [0.25, 0.3) is 0 Å². The molecule has 26 heavy (non-hydrogen) atoms. The van der Waals surface area contributed by atoms with Crippen LogP contribution in [-0.4, -0.2) is 43.2 Å². The summed E-state index contributed by atoms with van der Waals surface area (Å²) in [6.45, 7) is 3.60. The Hall–Kier alpha value is -2.84. The van der Waals surface area contributed by atoms with Crippen LogP contribution in [0.3, 0.4) is 0 Å². The molecular formula is C17H22FN5O3. The summed E-state index contributed by atoms with van der Waals surface area (Å²) in [5, 5.41) is 23.1. The van der Waals surface area contributed by atoms with Crippen LogP contribution in [0.5, 0.6) is 0 Å². The molecule has 8 nitrogen and oxygen atoms in total. The molecular weight excluding hydrogens is 341 g/mol. The van der Waals surface area contributed by atoms with Crippen molar-refractivity contribution in [1.29, 1.82) is 0 Å². The van der Waals surface area contributed by atoms with Gasteiger partial charge in [-0.2, -0.15) is 0 Å². The Kier molecular flexibility index (Phi) is 6.76. The van der Waals surface area contributed by atoms with Crippen molar-refractivity contribution < 1.29 is 19.1 Å². The molecule has 2 atom stereocenters. The fraction of sp³-hybridized carbons (Fsp3) is 0.471. The highest BCUT2D eigenvalue weighted by atomic mass is 19.1. The first-order valence-corrected chi connectivity index (χ1v) is 8.44. The van der Waals surface area contributed by atoms with Gasteiger partial charge in [-0.25, -0.2) is 13.9 Å². The second kappa shape index (κ2) is 9.02. The van der Waals surface area contributed by atoms with Gasteiger partial charge in [0.15, 0.2) is 0 Å². The van der Waals surface area contributed by atoms with Crippen molar-refractivity contribution in [2.24, 2.45) is 0 Å². The molecule has 0 saturated carbocycles. The van der Waals surface area contributed by atoms with Crippen molar-refractivity contribution >= 4 is 11.9 Å². The summed E-state index contributed by atoms with van der Waals surface area (Å²) in [6.07, 6.45) is 2.06. The summed E-state index contributed by atoms with van der Waals surface area (Å²) in [6, 6.07) is 3.94. The van der Waals surface area contributed by atoms with Gasteiger partial charge in [0.2, 0.25) is 5.91 Å². The zero-order valence-corrected chi connectivity index (χ0v) is 14.7. The molecule has 1 aromatic heterocycles. The Balaban J connectivity index is 2.22. The van der Waals surface area contributed by atoms with Gasteiger partial charge >= 0.3 is 5.97 Å². The van der Waals surface area contributed by atoms with Gasteiger partial charge in [0, 0.05) is 6.42 Å². The molecule has 2 unspecified atom stereocenters. The number of carboxylic acids is 1. The number of tetrazole rings is 1. The van der Waals surface area contributed by atoms with Gasteiger partial charge in [0.1, 0.15) is 23.7 Å². The third-order valence-electron chi connectivity index (χ3n) is 4.06. The Morgan fingerprint density at radius 2 is 2.00 bits per heavy atom. The molecule has 0 bridgehead atoms. The molecule has 2 N–H and O–H groups in total. The molecule has 0 radical (unpaired) electrons. The van der Waals surface area contributed by atoms with Crippen LogP contribution in [0.15, 0.2) is 24.3 Å². The lowest BCUT2D eigenvalue weighted by Gasteiger charge is -2.21. The highest BCUT2D eigenvalue weighted by Crippen LogP contribution is 2.16. The van der Waals surface area contributed by atoms with Crippen LogP contribution in [0, 0.1) is 12.7 Å². The number of nitrogens with zero attached hydrogens (tertiary/aromatic N) is 4. The number of aromatic nitrogens is 4. The molecule has 1 amide bonds. The molecule has 2 aromatic rings.